The van der Waals surface area contributed by atoms with Gasteiger partial charge in [-0.05, 0) is 109 Å². The summed E-state index contributed by atoms with van der Waals surface area (Å²) >= 11 is 0. The molecule has 1 atom stereocenters. The first-order chi connectivity index (χ1) is 36.5. The average Bonchev–Trinajstić information content (AvgIpc) is 3.40. The standard InChI is InChI=1S/C68H100O6/c1-4-7-10-13-16-19-22-25-28-31-34-37-40-43-46-49-52-55-58-61-67(70)73-64-65(63-72-66(69)60-57-54-51-48-45-42-39-36-33-30-27-24-21-18-15-12-9-6-3)74-68(71)62-59-56-53-50-47-44-41-38-35-32-29-26-23-20-17-14-11-8-5-2/h7-8,10-11,13,16-22,24-31,33-40,43-44,46-47,65H,4-6,9,12,14-15,23,32,41-42,45,48-64H2,1-3H3/b10-7-,11-8-,16-13-,20-17-,21-18-,22-19-,27-24-,28-25-,29-26-,33-30-,34-31+,38-35-,39-36-,40-37-,46-43-,47-44-. The van der Waals surface area contributed by atoms with Gasteiger partial charge in [-0.25, -0.2) is 0 Å². The number of unbranched alkanes of at least 4 members (excludes halogenated alkanes) is 14. The molecular weight excluding hydrogens is 913 g/mol. The molecule has 1 unspecified atom stereocenters. The van der Waals surface area contributed by atoms with Gasteiger partial charge in [0.15, 0.2) is 6.10 Å². The lowest BCUT2D eigenvalue weighted by atomic mass is 10.1. The highest BCUT2D eigenvalue weighted by Crippen LogP contribution is 2.12. The van der Waals surface area contributed by atoms with E-state index < -0.39 is 6.10 Å². The first kappa shape index (κ1) is 68.2. The summed E-state index contributed by atoms with van der Waals surface area (Å²) in [6.07, 6.45) is 91.2. The Bertz CT molecular complexity index is 1830. The van der Waals surface area contributed by atoms with Gasteiger partial charge in [0.2, 0.25) is 0 Å². The minimum Gasteiger partial charge on any atom is -0.462 e. The van der Waals surface area contributed by atoms with E-state index >= 15 is 0 Å². The molecule has 0 radical (unpaired) electrons. The van der Waals surface area contributed by atoms with Crippen LogP contribution in [-0.4, -0.2) is 37.2 Å². The van der Waals surface area contributed by atoms with Crippen molar-refractivity contribution in [3.8, 4) is 0 Å². The first-order valence-electron chi connectivity index (χ1n) is 28.6. The van der Waals surface area contributed by atoms with E-state index in [1.165, 1.54) is 19.3 Å². The predicted molar refractivity (Wildman–Crippen MR) is 320 cm³/mol. The fraction of sp³-hybridized carbons (Fsp3) is 0.485. The van der Waals surface area contributed by atoms with Crippen LogP contribution in [0.15, 0.2) is 194 Å². The fourth-order valence-corrected chi connectivity index (χ4v) is 6.87. The van der Waals surface area contributed by atoms with Crippen molar-refractivity contribution >= 4 is 17.9 Å². The van der Waals surface area contributed by atoms with Crippen LogP contribution in [0.25, 0.3) is 0 Å². The minimum absolute atomic E-state index is 0.131. The third-order valence-electron chi connectivity index (χ3n) is 11.1. The van der Waals surface area contributed by atoms with Crippen molar-refractivity contribution in [2.75, 3.05) is 13.2 Å². The zero-order valence-corrected chi connectivity index (χ0v) is 46.5. The van der Waals surface area contributed by atoms with Gasteiger partial charge in [-0.2, -0.15) is 0 Å². The zero-order valence-electron chi connectivity index (χ0n) is 46.5. The van der Waals surface area contributed by atoms with Crippen molar-refractivity contribution in [2.24, 2.45) is 0 Å². The Labute approximate surface area is 452 Å². The van der Waals surface area contributed by atoms with E-state index in [4.69, 9.17) is 14.2 Å². The monoisotopic (exact) mass is 1010 g/mol. The smallest absolute Gasteiger partial charge is 0.306 e. The van der Waals surface area contributed by atoms with Gasteiger partial charge < -0.3 is 14.2 Å². The van der Waals surface area contributed by atoms with Gasteiger partial charge in [0, 0.05) is 19.3 Å². The van der Waals surface area contributed by atoms with Crippen LogP contribution >= 0.6 is 0 Å². The van der Waals surface area contributed by atoms with Crippen LogP contribution in [0.2, 0.25) is 0 Å². The number of allylic oxidation sites excluding steroid dienone is 32. The quantitative estimate of drug-likeness (QED) is 0.0199. The lowest BCUT2D eigenvalue weighted by molar-refractivity contribution is -0.167. The summed E-state index contributed by atoms with van der Waals surface area (Å²) in [5, 5.41) is 0. The van der Waals surface area contributed by atoms with Gasteiger partial charge >= 0.3 is 17.9 Å². The Hall–Kier alpha value is -5.75. The topological polar surface area (TPSA) is 78.9 Å². The van der Waals surface area contributed by atoms with Crippen LogP contribution in [0.1, 0.15) is 194 Å². The number of hydrogen-bond donors (Lipinski definition) is 0. The Kier molecular flexibility index (Phi) is 55.2. The predicted octanol–water partition coefficient (Wildman–Crippen LogP) is 19.5. The van der Waals surface area contributed by atoms with Gasteiger partial charge in [-0.3, -0.25) is 14.4 Å². The van der Waals surface area contributed by atoms with E-state index in [9.17, 15) is 14.4 Å². The SMILES string of the molecule is CC\C=C/C=C\C=C/C=C\C=C\C=C/C=C\CCCCCC(=O)OCC(COC(=O)CCCCCCC\C=C/C=C\C=C/C=C\CCCCC)OC(=O)CCCCC/C=C\C/C=C\C/C=C\C/C=C\C/C=C\CC. The van der Waals surface area contributed by atoms with Crippen LogP contribution in [-0.2, 0) is 28.6 Å². The molecule has 0 rings (SSSR count). The molecule has 0 saturated heterocycles. The lowest BCUT2D eigenvalue weighted by Crippen LogP contribution is -2.30. The van der Waals surface area contributed by atoms with Gasteiger partial charge in [-0.15, -0.1) is 0 Å². The summed E-state index contributed by atoms with van der Waals surface area (Å²) in [4.78, 5) is 38.2. The van der Waals surface area contributed by atoms with Crippen LogP contribution < -0.4 is 0 Å². The molecular formula is C68H100O6. The molecule has 0 N–H and O–H groups in total. The molecule has 0 spiro atoms. The number of rotatable bonds is 48. The van der Waals surface area contributed by atoms with E-state index in [1.54, 1.807) is 0 Å². The molecule has 0 heterocycles. The van der Waals surface area contributed by atoms with E-state index in [0.717, 1.165) is 122 Å². The Morgan fingerprint density at radius 2 is 0.595 bits per heavy atom. The molecule has 6 nitrogen and oxygen atoms in total. The molecule has 0 aromatic carbocycles. The van der Waals surface area contributed by atoms with E-state index in [1.807, 2.05) is 72.9 Å². The third-order valence-corrected chi connectivity index (χ3v) is 11.1. The van der Waals surface area contributed by atoms with E-state index in [2.05, 4.69) is 142 Å². The zero-order chi connectivity index (χ0) is 53.6. The van der Waals surface area contributed by atoms with Crippen LogP contribution in [0.5, 0.6) is 0 Å². The summed E-state index contributed by atoms with van der Waals surface area (Å²) in [5.74, 6) is -1.04. The molecule has 0 aliphatic carbocycles. The molecule has 0 aromatic heterocycles. The number of esters is 3. The third kappa shape index (κ3) is 57.2. The van der Waals surface area contributed by atoms with Gasteiger partial charge in [-0.1, -0.05) is 260 Å². The molecule has 6 heteroatoms. The van der Waals surface area contributed by atoms with Crippen molar-refractivity contribution in [1.82, 2.24) is 0 Å². The minimum atomic E-state index is -0.839. The fourth-order valence-electron chi connectivity index (χ4n) is 6.87. The molecule has 0 bridgehead atoms. The summed E-state index contributed by atoms with van der Waals surface area (Å²) in [6.45, 7) is 6.22. The molecule has 0 aromatic rings. The summed E-state index contributed by atoms with van der Waals surface area (Å²) in [5.41, 5.74) is 0. The number of ether oxygens (including phenoxy) is 3. The second-order valence-electron chi connectivity index (χ2n) is 18.0. The van der Waals surface area contributed by atoms with Crippen molar-refractivity contribution in [2.45, 2.75) is 200 Å². The van der Waals surface area contributed by atoms with E-state index in [-0.39, 0.29) is 44.0 Å². The number of carbonyl (C=O) groups excluding carboxylic acids is 3. The average molecular weight is 1010 g/mol. The number of carbonyl (C=O) groups is 3. The van der Waals surface area contributed by atoms with Crippen LogP contribution in [0.3, 0.4) is 0 Å². The molecule has 408 valence electrons. The largest absolute Gasteiger partial charge is 0.462 e. The number of hydrogen-bond acceptors (Lipinski definition) is 6. The summed E-state index contributed by atoms with van der Waals surface area (Å²) in [6, 6.07) is 0. The van der Waals surface area contributed by atoms with Crippen molar-refractivity contribution in [3.63, 3.8) is 0 Å². The Morgan fingerprint density at radius 1 is 0.297 bits per heavy atom. The van der Waals surface area contributed by atoms with Crippen LogP contribution in [0, 0.1) is 0 Å². The Morgan fingerprint density at radius 3 is 1.00 bits per heavy atom. The molecule has 0 amide bonds. The molecule has 74 heavy (non-hydrogen) atoms. The maximum Gasteiger partial charge on any atom is 0.306 e. The normalized spacial score (nSPS) is 13.6. The Balaban J connectivity index is 4.67. The summed E-state index contributed by atoms with van der Waals surface area (Å²) in [7, 11) is 0. The van der Waals surface area contributed by atoms with Crippen molar-refractivity contribution < 1.29 is 28.6 Å². The van der Waals surface area contributed by atoms with Crippen molar-refractivity contribution in [3.05, 3.63) is 194 Å². The maximum atomic E-state index is 12.9. The first-order valence-corrected chi connectivity index (χ1v) is 28.6. The molecule has 0 fully saturated rings. The molecule has 0 aliphatic rings. The lowest BCUT2D eigenvalue weighted by Gasteiger charge is -2.18. The second-order valence-corrected chi connectivity index (χ2v) is 18.0. The highest BCUT2D eigenvalue weighted by Gasteiger charge is 2.19. The van der Waals surface area contributed by atoms with Crippen molar-refractivity contribution in [1.29, 1.82) is 0 Å². The van der Waals surface area contributed by atoms with Gasteiger partial charge in [0.25, 0.3) is 0 Å². The summed E-state index contributed by atoms with van der Waals surface area (Å²) < 4.78 is 16.8. The molecule has 0 aliphatic heterocycles. The van der Waals surface area contributed by atoms with E-state index in [0.29, 0.717) is 19.3 Å². The molecule has 0 saturated carbocycles. The highest BCUT2D eigenvalue weighted by atomic mass is 16.6. The van der Waals surface area contributed by atoms with Gasteiger partial charge in [0.05, 0.1) is 0 Å². The second kappa shape index (κ2) is 59.8. The van der Waals surface area contributed by atoms with Crippen LogP contribution in [0.4, 0.5) is 0 Å². The van der Waals surface area contributed by atoms with Gasteiger partial charge in [0.1, 0.15) is 13.2 Å². The highest BCUT2D eigenvalue weighted by molar-refractivity contribution is 5.71. The maximum absolute atomic E-state index is 12.9.